The molecule has 2 bridgehead atoms. The van der Waals surface area contributed by atoms with Crippen molar-refractivity contribution < 1.29 is 66.8 Å². The molecule has 1 saturated heterocycles. The second-order valence-electron chi connectivity index (χ2n) is 10.8. The van der Waals surface area contributed by atoms with Crippen LogP contribution in [-0.2, 0) is 24.4 Å². The predicted octanol–water partition coefficient (Wildman–Crippen LogP) is -2.00. The molecule has 11 nitrogen and oxygen atoms in total. The summed E-state index contributed by atoms with van der Waals surface area (Å²) in [6.45, 7) is 4.32. The first-order valence-corrected chi connectivity index (χ1v) is 14.2. The molecule has 3 aliphatic rings. The number of amides is 3. The van der Waals surface area contributed by atoms with Crippen LogP contribution in [0.3, 0.4) is 0 Å². The number of rotatable bonds is 11. The van der Waals surface area contributed by atoms with Gasteiger partial charge in [-0.25, -0.2) is 13.2 Å². The minimum Gasteiger partial charge on any atom is -0.746 e. The first-order valence-electron chi connectivity index (χ1n) is 12.7. The van der Waals surface area contributed by atoms with Gasteiger partial charge >= 0.3 is 35.7 Å². The number of carbonyl (C=O) groups is 3. The Bertz CT molecular complexity index is 944. The molecule has 0 spiro atoms. The zero-order chi connectivity index (χ0) is 26.5. The second kappa shape index (κ2) is 14.3. The number of hydrogen-bond donors (Lipinski definition) is 4. The fourth-order valence-electron chi connectivity index (χ4n) is 5.55. The van der Waals surface area contributed by atoms with Crippen LogP contribution in [-0.4, -0.2) is 66.7 Å². The number of ether oxygens (including phenoxy) is 1. The maximum absolute atomic E-state index is 13.1. The zero-order valence-electron chi connectivity index (χ0n) is 21.9. The number of aliphatic hydroxyl groups excluding tert-OH is 1. The van der Waals surface area contributed by atoms with Gasteiger partial charge in [0.25, 0.3) is 0 Å². The molecule has 4 N–H and O–H groups in total. The molecular formula is C24H38N3NaO8S. The van der Waals surface area contributed by atoms with Crippen LogP contribution in [0.5, 0.6) is 0 Å². The van der Waals surface area contributed by atoms with Gasteiger partial charge < -0.3 is 30.3 Å². The van der Waals surface area contributed by atoms with E-state index in [2.05, 4.69) is 28.1 Å². The molecule has 204 valence electrons. The molecular weight excluding hydrogens is 513 g/mol. The average molecular weight is 552 g/mol. The van der Waals surface area contributed by atoms with E-state index in [1.54, 1.807) is 0 Å². The molecule has 1 saturated carbocycles. The first kappa shape index (κ1) is 32.0. The van der Waals surface area contributed by atoms with Crippen molar-refractivity contribution in [2.45, 2.75) is 76.3 Å². The number of aliphatic hydroxyl groups is 1. The van der Waals surface area contributed by atoms with Crippen LogP contribution in [0.25, 0.3) is 0 Å². The molecule has 1 aliphatic heterocycles. The molecule has 1 heterocycles. The summed E-state index contributed by atoms with van der Waals surface area (Å²) in [7, 11) is -5.16. The van der Waals surface area contributed by atoms with Gasteiger partial charge in [-0.3, -0.25) is 9.59 Å². The van der Waals surface area contributed by atoms with Gasteiger partial charge in [0.1, 0.15) is 16.2 Å². The number of allylic oxidation sites excluding steroid dienone is 2. The van der Waals surface area contributed by atoms with E-state index >= 15 is 0 Å². The van der Waals surface area contributed by atoms with Crippen LogP contribution in [0.4, 0.5) is 4.79 Å². The predicted molar refractivity (Wildman–Crippen MR) is 129 cm³/mol. The van der Waals surface area contributed by atoms with Crippen molar-refractivity contribution in [1.29, 1.82) is 0 Å². The SMILES string of the molecule is CC(C)C[C@H](NC(=O)OCC1CC2C=CCC(C2)C1)C(=O)N[C@@H](C[C@H]1CCNC1=O)C(O)S(=O)(=O)[O-].[Na+]. The largest absolute Gasteiger partial charge is 1.00 e. The maximum Gasteiger partial charge on any atom is 1.00 e. The van der Waals surface area contributed by atoms with E-state index in [4.69, 9.17) is 4.74 Å². The Morgan fingerprint density at radius 1 is 1.24 bits per heavy atom. The molecule has 2 fully saturated rings. The van der Waals surface area contributed by atoms with Crippen LogP contribution in [0, 0.1) is 29.6 Å². The van der Waals surface area contributed by atoms with Crippen molar-refractivity contribution in [2.24, 2.45) is 29.6 Å². The standard InChI is InChI=1S/C24H39N3O8S.Na/c1-14(2)8-19(27-24(31)35-13-17-10-15-4-3-5-16(9-15)11-17)22(29)26-20(23(30)36(32,33)34)12-18-6-7-25-21(18)28;/h3-4,14-20,23,30H,5-13H2,1-2H3,(H,25,28)(H,26,29)(H,27,31)(H,32,33,34);/q;+1/p-1/t15?,16?,17?,18-,19+,20+,23?;/m1./s1. The molecule has 37 heavy (non-hydrogen) atoms. The van der Waals surface area contributed by atoms with Gasteiger partial charge in [-0.05, 0) is 68.6 Å². The van der Waals surface area contributed by atoms with Crippen LogP contribution in [0.15, 0.2) is 12.2 Å². The van der Waals surface area contributed by atoms with Gasteiger partial charge in [0.05, 0.1) is 12.6 Å². The van der Waals surface area contributed by atoms with E-state index in [9.17, 15) is 32.5 Å². The van der Waals surface area contributed by atoms with Crippen LogP contribution in [0.2, 0.25) is 0 Å². The molecule has 0 aromatic carbocycles. The van der Waals surface area contributed by atoms with E-state index in [-0.39, 0.29) is 66.7 Å². The molecule has 0 radical (unpaired) electrons. The van der Waals surface area contributed by atoms with Crippen molar-refractivity contribution in [3.8, 4) is 0 Å². The normalized spacial score (nSPS) is 27.4. The maximum atomic E-state index is 13.1. The molecule has 3 rings (SSSR count). The minimum absolute atomic E-state index is 0. The summed E-state index contributed by atoms with van der Waals surface area (Å²) in [5, 5.41) is 17.7. The Kier molecular flexibility index (Phi) is 12.4. The summed E-state index contributed by atoms with van der Waals surface area (Å²) < 4.78 is 39.9. The third-order valence-electron chi connectivity index (χ3n) is 7.25. The Balaban J connectivity index is 0.00000481. The quantitative estimate of drug-likeness (QED) is 0.130. The number of alkyl carbamates (subject to hydrolysis) is 1. The van der Waals surface area contributed by atoms with Gasteiger partial charge in [0.15, 0.2) is 5.44 Å². The topological polar surface area (TPSA) is 174 Å². The number of carbonyl (C=O) groups excluding carboxylic acids is 3. The van der Waals surface area contributed by atoms with E-state index in [0.29, 0.717) is 24.8 Å². The van der Waals surface area contributed by atoms with Crippen LogP contribution < -0.4 is 45.5 Å². The molecule has 0 aromatic heterocycles. The van der Waals surface area contributed by atoms with Gasteiger partial charge in [0.2, 0.25) is 11.8 Å². The number of fused-ring (bicyclic) bond motifs is 2. The minimum atomic E-state index is -5.16. The van der Waals surface area contributed by atoms with Crippen molar-refractivity contribution in [1.82, 2.24) is 16.0 Å². The summed E-state index contributed by atoms with van der Waals surface area (Å²) in [5.41, 5.74) is -2.43. The average Bonchev–Trinajstić information content (AvgIpc) is 3.19. The summed E-state index contributed by atoms with van der Waals surface area (Å²) in [6, 6.07) is -2.58. The van der Waals surface area contributed by atoms with E-state index in [0.717, 1.165) is 19.3 Å². The van der Waals surface area contributed by atoms with Gasteiger partial charge in [-0.2, -0.15) is 0 Å². The molecule has 4 unspecified atom stereocenters. The third kappa shape index (κ3) is 9.81. The van der Waals surface area contributed by atoms with E-state index in [1.807, 2.05) is 13.8 Å². The molecule has 3 amide bonds. The Morgan fingerprint density at radius 3 is 2.57 bits per heavy atom. The van der Waals surface area contributed by atoms with Crippen molar-refractivity contribution in [2.75, 3.05) is 13.2 Å². The van der Waals surface area contributed by atoms with Crippen LogP contribution in [0.1, 0.15) is 58.8 Å². The fraction of sp³-hybridized carbons (Fsp3) is 0.792. The van der Waals surface area contributed by atoms with Gasteiger partial charge in [0, 0.05) is 12.5 Å². The van der Waals surface area contributed by atoms with Gasteiger partial charge in [-0.1, -0.05) is 26.0 Å². The summed E-state index contributed by atoms with van der Waals surface area (Å²) in [6.07, 6.45) is 8.23. The molecule has 13 heteroatoms. The second-order valence-corrected chi connectivity index (χ2v) is 12.3. The van der Waals surface area contributed by atoms with Gasteiger partial charge in [-0.15, -0.1) is 0 Å². The Hall–Kier alpha value is -1.18. The Labute approximate surface area is 241 Å². The zero-order valence-corrected chi connectivity index (χ0v) is 24.7. The molecule has 2 aliphatic carbocycles. The van der Waals surface area contributed by atoms with Crippen molar-refractivity contribution in [3.63, 3.8) is 0 Å². The fourth-order valence-corrected chi connectivity index (χ4v) is 6.13. The molecule has 7 atom stereocenters. The monoisotopic (exact) mass is 551 g/mol. The number of hydrogen-bond acceptors (Lipinski definition) is 8. The number of nitrogens with one attached hydrogen (secondary N) is 3. The van der Waals surface area contributed by atoms with E-state index < -0.39 is 45.6 Å². The van der Waals surface area contributed by atoms with Crippen molar-refractivity contribution >= 4 is 28.0 Å². The van der Waals surface area contributed by atoms with Crippen molar-refractivity contribution in [3.05, 3.63) is 12.2 Å². The molecule has 0 aromatic rings. The summed E-state index contributed by atoms with van der Waals surface area (Å²) >= 11 is 0. The van der Waals surface area contributed by atoms with Crippen LogP contribution >= 0.6 is 0 Å². The first-order chi connectivity index (χ1) is 16.9. The summed E-state index contributed by atoms with van der Waals surface area (Å²) in [4.78, 5) is 37.6. The van der Waals surface area contributed by atoms with E-state index in [1.165, 1.54) is 6.42 Å². The Morgan fingerprint density at radius 2 is 1.97 bits per heavy atom. The smallest absolute Gasteiger partial charge is 0.746 e. The summed E-state index contributed by atoms with van der Waals surface area (Å²) in [5.74, 6) is -0.405. The third-order valence-corrected chi connectivity index (χ3v) is 8.17.